The lowest BCUT2D eigenvalue weighted by Crippen LogP contribution is -2.47. The average molecular weight is 296 g/mol. The van der Waals surface area contributed by atoms with E-state index in [1.807, 2.05) is 30.3 Å². The molecule has 0 unspecified atom stereocenters. The number of nitrogens with one attached hydrogen (secondary N) is 1. The van der Waals surface area contributed by atoms with Gasteiger partial charge in [-0.05, 0) is 44.2 Å². The Hall–Kier alpha value is -1.94. The van der Waals surface area contributed by atoms with Gasteiger partial charge in [0.15, 0.2) is 0 Å². The number of amides is 1. The number of para-hydroxylation sites is 1. The molecule has 1 amide bonds. The van der Waals surface area contributed by atoms with Gasteiger partial charge in [-0.3, -0.25) is 9.78 Å². The number of hydrogen-bond donors (Lipinski definition) is 2. The molecule has 22 heavy (non-hydrogen) atoms. The van der Waals surface area contributed by atoms with E-state index in [4.69, 9.17) is 0 Å². The molecule has 2 aliphatic carbocycles. The average Bonchev–Trinajstić information content (AvgIpc) is 3.34. The number of aromatic nitrogens is 1. The van der Waals surface area contributed by atoms with Gasteiger partial charge in [-0.1, -0.05) is 18.2 Å². The first kappa shape index (κ1) is 13.7. The lowest BCUT2D eigenvalue weighted by Gasteiger charge is -2.36. The second kappa shape index (κ2) is 5.06. The predicted octanol–water partition coefficient (Wildman–Crippen LogP) is 2.76. The van der Waals surface area contributed by atoms with E-state index in [0.29, 0.717) is 18.0 Å². The number of hydrogen-bond acceptors (Lipinski definition) is 3. The lowest BCUT2D eigenvalue weighted by molar-refractivity contribution is -0.0300. The summed E-state index contributed by atoms with van der Waals surface area (Å²) in [7, 11) is 0. The largest absolute Gasteiger partial charge is 0.388 e. The second-order valence-corrected chi connectivity index (χ2v) is 6.65. The highest BCUT2D eigenvalue weighted by Crippen LogP contribution is 2.40. The van der Waals surface area contributed by atoms with Crippen LogP contribution in [0.1, 0.15) is 54.1 Å². The number of carbonyl (C=O) groups is 1. The van der Waals surface area contributed by atoms with Crippen LogP contribution in [-0.2, 0) is 0 Å². The number of fused-ring (bicyclic) bond motifs is 1. The first-order valence-corrected chi connectivity index (χ1v) is 8.05. The van der Waals surface area contributed by atoms with Gasteiger partial charge in [-0.2, -0.15) is 0 Å². The maximum Gasteiger partial charge on any atom is 0.252 e. The number of nitrogens with zero attached hydrogens (tertiary/aromatic N) is 1. The maximum absolute atomic E-state index is 12.6. The van der Waals surface area contributed by atoms with Crippen LogP contribution in [0.3, 0.4) is 0 Å². The van der Waals surface area contributed by atoms with Crippen LogP contribution >= 0.6 is 0 Å². The normalized spacial score (nSPS) is 19.7. The van der Waals surface area contributed by atoms with Crippen molar-refractivity contribution in [1.29, 1.82) is 0 Å². The molecule has 1 aromatic heterocycles. The fourth-order valence-corrected chi connectivity index (χ4v) is 3.07. The molecule has 1 heterocycles. The Labute approximate surface area is 129 Å². The van der Waals surface area contributed by atoms with Gasteiger partial charge in [-0.15, -0.1) is 0 Å². The van der Waals surface area contributed by atoms with Crippen LogP contribution in [0.15, 0.2) is 30.3 Å². The summed E-state index contributed by atoms with van der Waals surface area (Å²) < 4.78 is 0. The van der Waals surface area contributed by atoms with Crippen LogP contribution < -0.4 is 5.32 Å². The Balaban J connectivity index is 1.65. The molecule has 2 saturated carbocycles. The number of pyridine rings is 1. The third-order valence-electron chi connectivity index (χ3n) is 4.84. The fraction of sp³-hybridized carbons (Fsp3) is 0.444. The molecule has 4 nitrogen and oxygen atoms in total. The second-order valence-electron chi connectivity index (χ2n) is 6.65. The predicted molar refractivity (Wildman–Crippen MR) is 84.9 cm³/mol. The molecule has 4 rings (SSSR count). The summed E-state index contributed by atoms with van der Waals surface area (Å²) in [5, 5.41) is 13.9. The summed E-state index contributed by atoms with van der Waals surface area (Å²) >= 11 is 0. The summed E-state index contributed by atoms with van der Waals surface area (Å²) in [5.74, 6) is 0.396. The first-order valence-electron chi connectivity index (χ1n) is 8.05. The van der Waals surface area contributed by atoms with Crippen molar-refractivity contribution in [3.8, 4) is 0 Å². The van der Waals surface area contributed by atoms with Crippen LogP contribution in [-0.4, -0.2) is 28.1 Å². The summed E-state index contributed by atoms with van der Waals surface area (Å²) in [6, 6.07) is 9.70. The Morgan fingerprint density at radius 2 is 2.09 bits per heavy atom. The van der Waals surface area contributed by atoms with Gasteiger partial charge >= 0.3 is 0 Å². The van der Waals surface area contributed by atoms with Crippen LogP contribution in [0.4, 0.5) is 0 Å². The molecule has 1 aromatic carbocycles. The van der Waals surface area contributed by atoms with Crippen molar-refractivity contribution in [2.24, 2.45) is 0 Å². The van der Waals surface area contributed by atoms with E-state index in [9.17, 15) is 9.90 Å². The molecule has 0 saturated heterocycles. The van der Waals surface area contributed by atoms with Crippen molar-refractivity contribution < 1.29 is 9.90 Å². The fourth-order valence-electron chi connectivity index (χ4n) is 3.07. The monoisotopic (exact) mass is 296 g/mol. The highest BCUT2D eigenvalue weighted by molar-refractivity contribution is 6.06. The van der Waals surface area contributed by atoms with Gasteiger partial charge < -0.3 is 10.4 Å². The molecule has 0 atom stereocenters. The molecular formula is C18H20N2O2. The van der Waals surface area contributed by atoms with Crippen molar-refractivity contribution in [1.82, 2.24) is 10.3 Å². The summed E-state index contributed by atoms with van der Waals surface area (Å²) in [6.45, 7) is 0.335. The Morgan fingerprint density at radius 3 is 2.77 bits per heavy atom. The zero-order chi connectivity index (χ0) is 15.2. The molecule has 2 fully saturated rings. The van der Waals surface area contributed by atoms with Crippen molar-refractivity contribution >= 4 is 16.8 Å². The highest BCUT2D eigenvalue weighted by atomic mass is 16.3. The molecule has 2 aliphatic rings. The molecule has 0 aliphatic heterocycles. The Bertz CT molecular complexity index is 733. The zero-order valence-electron chi connectivity index (χ0n) is 12.5. The van der Waals surface area contributed by atoms with Crippen molar-refractivity contribution in [2.45, 2.75) is 43.6 Å². The van der Waals surface area contributed by atoms with Gasteiger partial charge in [0.2, 0.25) is 0 Å². The third kappa shape index (κ3) is 2.48. The molecule has 2 N–H and O–H groups in total. The Kier molecular flexibility index (Phi) is 3.15. The van der Waals surface area contributed by atoms with Crippen molar-refractivity contribution in [2.75, 3.05) is 6.54 Å². The smallest absolute Gasteiger partial charge is 0.252 e. The highest BCUT2D eigenvalue weighted by Gasteiger charge is 2.35. The molecular weight excluding hydrogens is 276 g/mol. The van der Waals surface area contributed by atoms with Gasteiger partial charge in [-0.25, -0.2) is 0 Å². The van der Waals surface area contributed by atoms with E-state index in [1.165, 1.54) is 0 Å². The molecule has 114 valence electrons. The quantitative estimate of drug-likeness (QED) is 0.912. The van der Waals surface area contributed by atoms with Gasteiger partial charge in [0, 0.05) is 23.5 Å². The van der Waals surface area contributed by atoms with Crippen LogP contribution in [0.5, 0.6) is 0 Å². The van der Waals surface area contributed by atoms with Gasteiger partial charge in [0.1, 0.15) is 0 Å². The van der Waals surface area contributed by atoms with Crippen LogP contribution in [0.2, 0.25) is 0 Å². The minimum atomic E-state index is -0.697. The minimum absolute atomic E-state index is 0.110. The minimum Gasteiger partial charge on any atom is -0.388 e. The molecule has 0 bridgehead atoms. The summed E-state index contributed by atoms with van der Waals surface area (Å²) in [6.07, 6.45) is 4.91. The number of rotatable bonds is 4. The van der Waals surface area contributed by atoms with E-state index in [-0.39, 0.29) is 5.91 Å². The van der Waals surface area contributed by atoms with E-state index >= 15 is 0 Å². The van der Waals surface area contributed by atoms with Crippen LogP contribution in [0.25, 0.3) is 10.9 Å². The van der Waals surface area contributed by atoms with E-state index in [0.717, 1.165) is 48.7 Å². The van der Waals surface area contributed by atoms with E-state index in [2.05, 4.69) is 10.3 Å². The Morgan fingerprint density at radius 1 is 1.32 bits per heavy atom. The van der Waals surface area contributed by atoms with Gasteiger partial charge in [0.05, 0.1) is 16.7 Å². The molecule has 0 radical (unpaired) electrons. The summed E-state index contributed by atoms with van der Waals surface area (Å²) in [5.41, 5.74) is 1.87. The summed E-state index contributed by atoms with van der Waals surface area (Å²) in [4.78, 5) is 17.3. The van der Waals surface area contributed by atoms with E-state index < -0.39 is 5.60 Å². The first-order chi connectivity index (χ1) is 10.6. The number of carbonyl (C=O) groups excluding carboxylic acids is 1. The van der Waals surface area contributed by atoms with E-state index in [1.54, 1.807) is 0 Å². The van der Waals surface area contributed by atoms with Crippen molar-refractivity contribution in [3.63, 3.8) is 0 Å². The number of aliphatic hydroxyl groups is 1. The molecule has 2 aromatic rings. The van der Waals surface area contributed by atoms with Crippen molar-refractivity contribution in [3.05, 3.63) is 41.6 Å². The molecule has 4 heteroatoms. The third-order valence-corrected chi connectivity index (χ3v) is 4.84. The SMILES string of the molecule is O=C(NCC1(O)CCC1)c1cc(C2CC2)nc2ccccc12. The number of benzene rings is 1. The standard InChI is InChI=1S/C18H20N2O2/c21-17(19-11-18(22)8-3-9-18)14-10-16(12-6-7-12)20-15-5-2-1-4-13(14)15/h1-2,4-5,10,12,22H,3,6-9,11H2,(H,19,21). The lowest BCUT2D eigenvalue weighted by atomic mass is 9.80. The zero-order valence-corrected chi connectivity index (χ0v) is 12.5. The molecule has 0 spiro atoms. The topological polar surface area (TPSA) is 62.2 Å². The van der Waals surface area contributed by atoms with Crippen LogP contribution in [0, 0.1) is 0 Å². The van der Waals surface area contributed by atoms with Gasteiger partial charge in [0.25, 0.3) is 5.91 Å². The maximum atomic E-state index is 12.6.